The van der Waals surface area contributed by atoms with Gasteiger partial charge < -0.3 is 10.6 Å². The Hall–Kier alpha value is -2.62. The molecule has 126 valence electrons. The summed E-state index contributed by atoms with van der Waals surface area (Å²) < 4.78 is 0. The van der Waals surface area contributed by atoms with E-state index < -0.39 is 0 Å². The number of hydrogen-bond donors (Lipinski definition) is 2. The van der Waals surface area contributed by atoms with Crippen LogP contribution in [0.1, 0.15) is 51.3 Å². The molecule has 2 aromatic rings. The highest BCUT2D eigenvalue weighted by atomic mass is 16.2. The van der Waals surface area contributed by atoms with E-state index in [9.17, 15) is 9.59 Å². The van der Waals surface area contributed by atoms with E-state index >= 15 is 0 Å². The number of benzene rings is 2. The van der Waals surface area contributed by atoms with Crippen LogP contribution in [-0.4, -0.2) is 17.9 Å². The van der Waals surface area contributed by atoms with Crippen LogP contribution in [0, 0.1) is 20.8 Å². The van der Waals surface area contributed by atoms with Gasteiger partial charge in [0.05, 0.1) is 11.3 Å². The predicted octanol–water partition coefficient (Wildman–Crippen LogP) is 4.00. The highest BCUT2D eigenvalue weighted by Crippen LogP contribution is 2.20. The highest BCUT2D eigenvalue weighted by Gasteiger charge is 2.16. The van der Waals surface area contributed by atoms with Crippen LogP contribution in [0.25, 0.3) is 0 Å². The van der Waals surface area contributed by atoms with Gasteiger partial charge >= 0.3 is 0 Å². The second-order valence-electron chi connectivity index (χ2n) is 6.38. The van der Waals surface area contributed by atoms with Crippen LogP contribution < -0.4 is 10.6 Å². The molecule has 0 bridgehead atoms. The number of aryl methyl sites for hydroxylation is 3. The number of nitrogens with one attached hydrogen (secondary N) is 2. The van der Waals surface area contributed by atoms with Crippen molar-refractivity contribution in [2.75, 3.05) is 5.32 Å². The monoisotopic (exact) mass is 324 g/mol. The van der Waals surface area contributed by atoms with Gasteiger partial charge in [0, 0.05) is 11.6 Å². The van der Waals surface area contributed by atoms with Crippen molar-refractivity contribution in [2.45, 2.75) is 40.7 Å². The van der Waals surface area contributed by atoms with Crippen LogP contribution in [0.4, 0.5) is 5.69 Å². The number of rotatable bonds is 4. The van der Waals surface area contributed by atoms with Gasteiger partial charge in [0.15, 0.2) is 0 Å². The summed E-state index contributed by atoms with van der Waals surface area (Å²) >= 11 is 0. The Balaban J connectivity index is 2.30. The highest BCUT2D eigenvalue weighted by molar-refractivity contribution is 6.09. The summed E-state index contributed by atoms with van der Waals surface area (Å²) in [6.07, 6.45) is 0. The standard InChI is InChI=1S/C20H24N2O2/c1-12(2)21-19(23)16-8-6-7-9-18(16)22-20(24)17-11-14(4)13(3)10-15(17)5/h6-12H,1-5H3,(H,21,23)(H,22,24). The molecule has 2 amide bonds. The molecule has 0 heterocycles. The lowest BCUT2D eigenvalue weighted by Crippen LogP contribution is -2.31. The van der Waals surface area contributed by atoms with Crippen molar-refractivity contribution in [3.05, 3.63) is 64.2 Å². The fourth-order valence-corrected chi connectivity index (χ4v) is 2.52. The first kappa shape index (κ1) is 17.7. The number of hydrogen-bond acceptors (Lipinski definition) is 2. The number of anilines is 1. The Morgan fingerprint density at radius 3 is 2.12 bits per heavy atom. The third kappa shape index (κ3) is 4.02. The zero-order valence-electron chi connectivity index (χ0n) is 14.9. The van der Waals surface area contributed by atoms with Crippen molar-refractivity contribution in [3.8, 4) is 0 Å². The average Bonchev–Trinajstić information content (AvgIpc) is 2.50. The fraction of sp³-hybridized carbons (Fsp3) is 0.300. The number of para-hydroxylation sites is 1. The van der Waals surface area contributed by atoms with E-state index in [4.69, 9.17) is 0 Å². The smallest absolute Gasteiger partial charge is 0.255 e. The van der Waals surface area contributed by atoms with Crippen molar-refractivity contribution in [1.82, 2.24) is 5.32 Å². The molecule has 0 aliphatic heterocycles. The van der Waals surface area contributed by atoms with E-state index in [2.05, 4.69) is 10.6 Å². The summed E-state index contributed by atoms with van der Waals surface area (Å²) in [7, 11) is 0. The summed E-state index contributed by atoms with van der Waals surface area (Å²) in [5.41, 5.74) is 4.73. The third-order valence-electron chi connectivity index (χ3n) is 3.92. The Morgan fingerprint density at radius 2 is 1.46 bits per heavy atom. The lowest BCUT2D eigenvalue weighted by Gasteiger charge is -2.14. The predicted molar refractivity (Wildman–Crippen MR) is 97.7 cm³/mol. The topological polar surface area (TPSA) is 58.2 Å². The molecule has 0 saturated carbocycles. The van der Waals surface area contributed by atoms with E-state index in [1.807, 2.05) is 46.8 Å². The molecule has 0 aromatic heterocycles. The minimum atomic E-state index is -0.208. The molecule has 0 aliphatic rings. The molecular weight excluding hydrogens is 300 g/mol. The van der Waals surface area contributed by atoms with Gasteiger partial charge in [0.25, 0.3) is 11.8 Å². The molecule has 0 saturated heterocycles. The maximum atomic E-state index is 12.7. The Morgan fingerprint density at radius 1 is 0.833 bits per heavy atom. The summed E-state index contributed by atoms with van der Waals surface area (Å²) in [6, 6.07) is 11.0. The first-order valence-corrected chi connectivity index (χ1v) is 8.08. The SMILES string of the molecule is Cc1cc(C)c(C(=O)Nc2ccccc2C(=O)NC(C)C)cc1C. The van der Waals surface area contributed by atoms with E-state index in [1.165, 1.54) is 0 Å². The molecule has 4 heteroatoms. The summed E-state index contributed by atoms with van der Waals surface area (Å²) in [4.78, 5) is 24.9. The maximum Gasteiger partial charge on any atom is 0.255 e. The minimum absolute atomic E-state index is 0.0308. The van der Waals surface area contributed by atoms with Crippen LogP contribution in [-0.2, 0) is 0 Å². The van der Waals surface area contributed by atoms with Crippen LogP contribution in [0.2, 0.25) is 0 Å². The van der Waals surface area contributed by atoms with Crippen molar-refractivity contribution >= 4 is 17.5 Å². The van der Waals surface area contributed by atoms with Gasteiger partial charge in [-0.1, -0.05) is 18.2 Å². The van der Waals surface area contributed by atoms with Crippen molar-refractivity contribution in [2.24, 2.45) is 0 Å². The van der Waals surface area contributed by atoms with Gasteiger partial charge in [-0.25, -0.2) is 0 Å². The van der Waals surface area contributed by atoms with Crippen LogP contribution in [0.3, 0.4) is 0 Å². The second-order valence-corrected chi connectivity index (χ2v) is 6.38. The lowest BCUT2D eigenvalue weighted by atomic mass is 10.00. The van der Waals surface area contributed by atoms with Gasteiger partial charge in [-0.15, -0.1) is 0 Å². The first-order valence-electron chi connectivity index (χ1n) is 8.08. The summed E-state index contributed by atoms with van der Waals surface area (Å²) in [6.45, 7) is 9.72. The van der Waals surface area contributed by atoms with E-state index in [0.29, 0.717) is 16.8 Å². The number of carbonyl (C=O) groups excluding carboxylic acids is 2. The van der Waals surface area contributed by atoms with Gasteiger partial charge in [0.2, 0.25) is 0 Å². The molecule has 2 aromatic carbocycles. The Bertz CT molecular complexity index is 779. The van der Waals surface area contributed by atoms with Crippen LogP contribution in [0.15, 0.2) is 36.4 Å². The second kappa shape index (κ2) is 7.30. The first-order chi connectivity index (χ1) is 11.3. The number of amides is 2. The zero-order valence-corrected chi connectivity index (χ0v) is 14.9. The normalized spacial score (nSPS) is 10.6. The van der Waals surface area contributed by atoms with Crippen molar-refractivity contribution in [3.63, 3.8) is 0 Å². The molecule has 2 rings (SSSR count). The zero-order chi connectivity index (χ0) is 17.9. The molecule has 0 aliphatic carbocycles. The molecule has 4 nitrogen and oxygen atoms in total. The van der Waals surface area contributed by atoms with E-state index in [-0.39, 0.29) is 17.9 Å². The minimum Gasteiger partial charge on any atom is -0.350 e. The van der Waals surface area contributed by atoms with Crippen LogP contribution >= 0.6 is 0 Å². The Kier molecular flexibility index (Phi) is 5.39. The maximum absolute atomic E-state index is 12.7. The van der Waals surface area contributed by atoms with Crippen molar-refractivity contribution in [1.29, 1.82) is 0 Å². The molecular formula is C20H24N2O2. The van der Waals surface area contributed by atoms with Gasteiger partial charge in [-0.2, -0.15) is 0 Å². The molecule has 0 radical (unpaired) electrons. The average molecular weight is 324 g/mol. The molecule has 0 atom stereocenters. The molecule has 0 unspecified atom stereocenters. The number of carbonyl (C=O) groups is 2. The van der Waals surface area contributed by atoms with Gasteiger partial charge in [-0.05, 0) is 69.5 Å². The molecule has 0 fully saturated rings. The lowest BCUT2D eigenvalue weighted by molar-refractivity contribution is 0.0944. The van der Waals surface area contributed by atoms with E-state index in [0.717, 1.165) is 16.7 Å². The van der Waals surface area contributed by atoms with Crippen molar-refractivity contribution < 1.29 is 9.59 Å². The molecule has 0 spiro atoms. The van der Waals surface area contributed by atoms with Gasteiger partial charge in [0.1, 0.15) is 0 Å². The fourth-order valence-electron chi connectivity index (χ4n) is 2.52. The summed E-state index contributed by atoms with van der Waals surface area (Å²) in [5.74, 6) is -0.405. The quantitative estimate of drug-likeness (QED) is 0.893. The Labute approximate surface area is 143 Å². The largest absolute Gasteiger partial charge is 0.350 e. The third-order valence-corrected chi connectivity index (χ3v) is 3.92. The summed E-state index contributed by atoms with van der Waals surface area (Å²) in [5, 5.41) is 5.72. The van der Waals surface area contributed by atoms with E-state index in [1.54, 1.807) is 24.3 Å². The van der Waals surface area contributed by atoms with Crippen LogP contribution in [0.5, 0.6) is 0 Å². The molecule has 2 N–H and O–H groups in total. The van der Waals surface area contributed by atoms with Gasteiger partial charge in [-0.3, -0.25) is 9.59 Å². The molecule has 24 heavy (non-hydrogen) atoms.